The lowest BCUT2D eigenvalue weighted by molar-refractivity contribution is -0.155. The number of rotatable bonds is 6. The molecule has 2 aromatic carbocycles. The average Bonchev–Trinajstić information content (AvgIpc) is 2.61. The van der Waals surface area contributed by atoms with Crippen molar-refractivity contribution in [2.24, 2.45) is 0 Å². The Kier molecular flexibility index (Phi) is 6.59. The van der Waals surface area contributed by atoms with Crippen LogP contribution in [0.15, 0.2) is 42.5 Å². The van der Waals surface area contributed by atoms with Crippen LogP contribution < -0.4 is 10.1 Å². The Morgan fingerprint density at radius 1 is 1.27 bits per heavy atom. The third-order valence-electron chi connectivity index (χ3n) is 3.42. The molecule has 2 aromatic rings. The van der Waals surface area contributed by atoms with Crippen molar-refractivity contribution in [1.82, 2.24) is 0 Å². The summed E-state index contributed by atoms with van der Waals surface area (Å²) in [6, 6.07) is 13.4. The summed E-state index contributed by atoms with van der Waals surface area (Å²) >= 11 is 5.86. The maximum Gasteiger partial charge on any atom is 0.344 e. The van der Waals surface area contributed by atoms with E-state index < -0.39 is 18.0 Å². The predicted molar refractivity (Wildman–Crippen MR) is 97.0 cm³/mol. The molecule has 26 heavy (non-hydrogen) atoms. The van der Waals surface area contributed by atoms with Crippen molar-refractivity contribution in [1.29, 1.82) is 5.26 Å². The van der Waals surface area contributed by atoms with Crippen molar-refractivity contribution >= 4 is 29.2 Å². The van der Waals surface area contributed by atoms with Gasteiger partial charge < -0.3 is 14.8 Å². The number of hydrogen-bond acceptors (Lipinski definition) is 5. The van der Waals surface area contributed by atoms with E-state index in [9.17, 15) is 9.59 Å². The molecule has 0 aliphatic heterocycles. The van der Waals surface area contributed by atoms with E-state index in [-0.39, 0.29) is 6.61 Å². The van der Waals surface area contributed by atoms with Crippen LogP contribution in [0.4, 0.5) is 5.69 Å². The highest BCUT2D eigenvalue weighted by atomic mass is 35.5. The lowest BCUT2D eigenvalue weighted by Gasteiger charge is -2.14. The summed E-state index contributed by atoms with van der Waals surface area (Å²) in [5, 5.41) is 12.0. The zero-order valence-corrected chi connectivity index (χ0v) is 15.0. The maximum atomic E-state index is 12.1. The minimum Gasteiger partial charge on any atom is -0.482 e. The highest BCUT2D eigenvalue weighted by Gasteiger charge is 2.18. The second-order valence-electron chi connectivity index (χ2n) is 5.51. The number of ether oxygens (including phenoxy) is 2. The van der Waals surface area contributed by atoms with Crippen molar-refractivity contribution in [2.45, 2.75) is 20.0 Å². The number of benzene rings is 2. The SMILES string of the molecule is Cc1cc(Cl)ccc1OCC(=O)O[C@H](C)C(=O)Nc1cccc(C#N)c1. The van der Waals surface area contributed by atoms with E-state index in [1.807, 2.05) is 6.07 Å². The summed E-state index contributed by atoms with van der Waals surface area (Å²) in [4.78, 5) is 24.0. The van der Waals surface area contributed by atoms with Crippen molar-refractivity contribution < 1.29 is 19.1 Å². The molecule has 6 nitrogen and oxygen atoms in total. The Hall–Kier alpha value is -3.04. The van der Waals surface area contributed by atoms with E-state index in [0.717, 1.165) is 5.56 Å². The van der Waals surface area contributed by atoms with Crippen LogP contribution in [0.1, 0.15) is 18.1 Å². The molecule has 7 heteroatoms. The van der Waals surface area contributed by atoms with E-state index in [0.29, 0.717) is 22.0 Å². The van der Waals surface area contributed by atoms with Crippen molar-refractivity contribution in [3.05, 3.63) is 58.6 Å². The minimum absolute atomic E-state index is 0.329. The molecule has 1 N–H and O–H groups in total. The van der Waals surface area contributed by atoms with Crippen molar-refractivity contribution in [2.75, 3.05) is 11.9 Å². The molecule has 1 atom stereocenters. The van der Waals surface area contributed by atoms with E-state index in [4.69, 9.17) is 26.3 Å². The normalized spacial score (nSPS) is 11.2. The van der Waals surface area contributed by atoms with Gasteiger partial charge in [-0.3, -0.25) is 4.79 Å². The first-order chi connectivity index (χ1) is 12.4. The molecule has 2 rings (SSSR count). The summed E-state index contributed by atoms with van der Waals surface area (Å²) in [7, 11) is 0. The first kappa shape index (κ1) is 19.3. The lowest BCUT2D eigenvalue weighted by Crippen LogP contribution is -2.31. The van der Waals surface area contributed by atoms with Crippen LogP contribution in [0.2, 0.25) is 5.02 Å². The van der Waals surface area contributed by atoms with Gasteiger partial charge in [-0.05, 0) is 55.8 Å². The molecule has 0 aliphatic carbocycles. The fraction of sp³-hybridized carbons (Fsp3) is 0.211. The average molecular weight is 373 g/mol. The molecule has 0 fully saturated rings. The Morgan fingerprint density at radius 3 is 2.73 bits per heavy atom. The maximum absolute atomic E-state index is 12.1. The van der Waals surface area contributed by atoms with Crippen LogP contribution in [0.3, 0.4) is 0 Å². The lowest BCUT2D eigenvalue weighted by atomic mass is 10.2. The fourth-order valence-electron chi connectivity index (χ4n) is 2.11. The highest BCUT2D eigenvalue weighted by molar-refractivity contribution is 6.30. The second-order valence-corrected chi connectivity index (χ2v) is 5.95. The van der Waals surface area contributed by atoms with Gasteiger partial charge in [-0.25, -0.2) is 4.79 Å². The molecule has 0 radical (unpaired) electrons. The molecular weight excluding hydrogens is 356 g/mol. The van der Waals surface area contributed by atoms with Crippen LogP contribution in [-0.2, 0) is 14.3 Å². The van der Waals surface area contributed by atoms with Gasteiger partial charge in [-0.1, -0.05) is 17.7 Å². The Bertz CT molecular complexity index is 861. The number of nitrogens with one attached hydrogen (secondary N) is 1. The van der Waals surface area contributed by atoms with E-state index in [1.165, 1.54) is 13.0 Å². The van der Waals surface area contributed by atoms with Gasteiger partial charge in [0.25, 0.3) is 5.91 Å². The number of anilines is 1. The Balaban J connectivity index is 1.85. The number of amides is 1. The largest absolute Gasteiger partial charge is 0.482 e. The van der Waals surface area contributed by atoms with E-state index in [2.05, 4.69) is 5.32 Å². The molecule has 0 unspecified atom stereocenters. The van der Waals surface area contributed by atoms with Gasteiger partial charge in [0, 0.05) is 10.7 Å². The molecular formula is C19H17ClN2O4. The first-order valence-electron chi connectivity index (χ1n) is 7.78. The first-order valence-corrected chi connectivity index (χ1v) is 8.16. The van der Waals surface area contributed by atoms with Gasteiger partial charge in [-0.2, -0.15) is 5.26 Å². The predicted octanol–water partition coefficient (Wildman–Crippen LogP) is 3.47. The van der Waals surface area contributed by atoms with Crippen LogP contribution in [0.5, 0.6) is 5.75 Å². The number of hydrogen-bond donors (Lipinski definition) is 1. The standard InChI is InChI=1S/C19H17ClN2O4/c1-12-8-15(20)6-7-17(12)25-11-18(23)26-13(2)19(24)22-16-5-3-4-14(9-16)10-21/h3-9,13H,11H2,1-2H3,(H,22,24)/t13-/m1/s1. The molecule has 0 bridgehead atoms. The van der Waals surface area contributed by atoms with Gasteiger partial charge >= 0.3 is 5.97 Å². The summed E-state index contributed by atoms with van der Waals surface area (Å²) in [6.45, 7) is 2.93. The summed E-state index contributed by atoms with van der Waals surface area (Å²) < 4.78 is 10.4. The molecule has 0 aromatic heterocycles. The molecule has 0 spiro atoms. The van der Waals surface area contributed by atoms with Crippen molar-refractivity contribution in [3.8, 4) is 11.8 Å². The van der Waals surface area contributed by atoms with Crippen LogP contribution in [-0.4, -0.2) is 24.6 Å². The highest BCUT2D eigenvalue weighted by Crippen LogP contribution is 2.21. The monoisotopic (exact) mass is 372 g/mol. The molecule has 134 valence electrons. The summed E-state index contributed by atoms with van der Waals surface area (Å²) in [5.74, 6) is -0.666. The molecule has 0 saturated carbocycles. The van der Waals surface area contributed by atoms with Gasteiger partial charge in [0.1, 0.15) is 5.75 Å². The number of halogens is 1. The molecule has 0 saturated heterocycles. The van der Waals surface area contributed by atoms with Gasteiger partial charge in [0.2, 0.25) is 0 Å². The number of nitrogens with zero attached hydrogens (tertiary/aromatic N) is 1. The third-order valence-corrected chi connectivity index (χ3v) is 3.65. The third kappa shape index (κ3) is 5.50. The fourth-order valence-corrected chi connectivity index (χ4v) is 2.33. The van der Waals surface area contributed by atoms with Crippen molar-refractivity contribution in [3.63, 3.8) is 0 Å². The van der Waals surface area contributed by atoms with Crippen LogP contribution in [0.25, 0.3) is 0 Å². The summed E-state index contributed by atoms with van der Waals surface area (Å²) in [5.41, 5.74) is 1.65. The number of aryl methyl sites for hydroxylation is 1. The van der Waals surface area contributed by atoms with Crippen LogP contribution >= 0.6 is 11.6 Å². The number of carbonyl (C=O) groups is 2. The smallest absolute Gasteiger partial charge is 0.344 e. The van der Waals surface area contributed by atoms with E-state index in [1.54, 1.807) is 43.3 Å². The number of carbonyl (C=O) groups excluding carboxylic acids is 2. The molecule has 0 aliphatic rings. The number of nitriles is 1. The van der Waals surface area contributed by atoms with E-state index >= 15 is 0 Å². The quantitative estimate of drug-likeness (QED) is 0.784. The van der Waals surface area contributed by atoms with Crippen LogP contribution in [0, 0.1) is 18.3 Å². The minimum atomic E-state index is -1.01. The zero-order valence-electron chi connectivity index (χ0n) is 14.3. The molecule has 0 heterocycles. The van der Waals surface area contributed by atoms with Gasteiger partial charge in [-0.15, -0.1) is 0 Å². The molecule has 1 amide bonds. The second kappa shape index (κ2) is 8.88. The summed E-state index contributed by atoms with van der Waals surface area (Å²) in [6.07, 6.45) is -1.01. The topological polar surface area (TPSA) is 88.4 Å². The van der Waals surface area contributed by atoms with Gasteiger partial charge in [0.15, 0.2) is 12.7 Å². The Morgan fingerprint density at radius 2 is 2.04 bits per heavy atom. The zero-order chi connectivity index (χ0) is 19.1. The Labute approximate surface area is 156 Å². The van der Waals surface area contributed by atoms with Gasteiger partial charge in [0.05, 0.1) is 11.6 Å². The number of esters is 1.